The maximum atomic E-state index is 11.9. The Morgan fingerprint density at radius 3 is 1.05 bits per heavy atom. The molecule has 41 heavy (non-hydrogen) atoms. The quantitative estimate of drug-likeness (QED) is 0.0426. The smallest absolute Gasteiger partial charge is 0.305 e. The van der Waals surface area contributed by atoms with Gasteiger partial charge in [-0.1, -0.05) is 193 Å². The molecule has 244 valence electrons. The van der Waals surface area contributed by atoms with Gasteiger partial charge in [0.25, 0.3) is 0 Å². The lowest BCUT2D eigenvalue weighted by atomic mass is 10.0. The number of ether oxygens (including phenoxy) is 1. The molecule has 0 heterocycles. The van der Waals surface area contributed by atoms with Gasteiger partial charge in [0.15, 0.2) is 0 Å². The van der Waals surface area contributed by atoms with E-state index >= 15 is 0 Å². The normalized spacial score (nSPS) is 11.6. The van der Waals surface area contributed by atoms with Gasteiger partial charge >= 0.3 is 5.97 Å². The number of hydrogen-bond acceptors (Lipinski definition) is 2. The lowest BCUT2D eigenvalue weighted by molar-refractivity contribution is -0.143. The van der Waals surface area contributed by atoms with Crippen LogP contribution in [0.2, 0.25) is 0 Å². The molecular weight excluding hydrogens is 500 g/mol. The van der Waals surface area contributed by atoms with Crippen molar-refractivity contribution < 1.29 is 9.53 Å². The number of allylic oxidation sites excluding steroid dienone is 2. The van der Waals surface area contributed by atoms with Crippen LogP contribution in [-0.2, 0) is 9.53 Å². The fraction of sp³-hybridized carbons (Fsp3) is 0.923. The van der Waals surface area contributed by atoms with Crippen LogP contribution >= 0.6 is 0 Å². The third-order valence-corrected chi connectivity index (χ3v) is 8.65. The second-order valence-corrected chi connectivity index (χ2v) is 12.9. The van der Waals surface area contributed by atoms with Gasteiger partial charge in [0.1, 0.15) is 0 Å². The summed E-state index contributed by atoms with van der Waals surface area (Å²) in [7, 11) is 0. The Morgan fingerprint density at radius 1 is 0.390 bits per heavy atom. The van der Waals surface area contributed by atoms with Crippen molar-refractivity contribution in [3.63, 3.8) is 0 Å². The highest BCUT2D eigenvalue weighted by Gasteiger charge is 2.02. The standard InChI is InChI=1S/C39H76O2/c1-3-5-7-9-11-13-15-17-19-20-21-22-24-26-28-30-32-34-36-38-41-39(40)37-35-33-31-29-27-25-23-18-16-14-12-10-8-6-4-2/h18,23H,3-17,19-22,24-38H2,1-2H3/b23-18+. The Kier molecular flexibility index (Phi) is 36.5. The van der Waals surface area contributed by atoms with E-state index in [9.17, 15) is 4.79 Å². The molecular formula is C39H76O2. The first-order valence-corrected chi connectivity index (χ1v) is 19.1. The molecule has 0 atom stereocenters. The summed E-state index contributed by atoms with van der Waals surface area (Å²) >= 11 is 0. The molecule has 0 aliphatic carbocycles. The molecule has 0 rings (SSSR count). The van der Waals surface area contributed by atoms with Crippen LogP contribution in [0.5, 0.6) is 0 Å². The molecule has 0 amide bonds. The molecule has 0 fully saturated rings. The molecule has 2 nitrogen and oxygen atoms in total. The van der Waals surface area contributed by atoms with Crippen molar-refractivity contribution in [2.24, 2.45) is 0 Å². The topological polar surface area (TPSA) is 26.3 Å². The SMILES string of the molecule is CCCCCCCC/C=C/CCCCCCCC(=O)OCCCCCCCCCCCCCCCCCCCCC. The third-order valence-electron chi connectivity index (χ3n) is 8.65. The van der Waals surface area contributed by atoms with Crippen molar-refractivity contribution >= 4 is 5.97 Å². The summed E-state index contributed by atoms with van der Waals surface area (Å²) in [5, 5.41) is 0. The van der Waals surface area contributed by atoms with Gasteiger partial charge in [-0.3, -0.25) is 4.79 Å². The number of hydrogen-bond donors (Lipinski definition) is 0. The van der Waals surface area contributed by atoms with Crippen LogP contribution in [0, 0.1) is 0 Å². The molecule has 0 unspecified atom stereocenters. The van der Waals surface area contributed by atoms with Gasteiger partial charge in [-0.05, 0) is 38.5 Å². The molecule has 0 saturated heterocycles. The summed E-state index contributed by atoms with van der Waals surface area (Å²) in [4.78, 5) is 11.9. The number of esters is 1. The Balaban J connectivity index is 3.17. The van der Waals surface area contributed by atoms with E-state index in [-0.39, 0.29) is 5.97 Å². The van der Waals surface area contributed by atoms with Gasteiger partial charge < -0.3 is 4.74 Å². The predicted octanol–water partition coefficient (Wildman–Crippen LogP) is 14.0. The van der Waals surface area contributed by atoms with Crippen molar-refractivity contribution in [2.45, 2.75) is 226 Å². The first-order valence-electron chi connectivity index (χ1n) is 19.1. The maximum absolute atomic E-state index is 11.9. The van der Waals surface area contributed by atoms with E-state index in [4.69, 9.17) is 4.74 Å². The minimum atomic E-state index is 0.0186. The minimum Gasteiger partial charge on any atom is -0.466 e. The highest BCUT2D eigenvalue weighted by atomic mass is 16.5. The zero-order valence-electron chi connectivity index (χ0n) is 28.5. The van der Waals surface area contributed by atoms with Crippen LogP contribution in [0.1, 0.15) is 226 Å². The van der Waals surface area contributed by atoms with E-state index in [1.807, 2.05) is 0 Å². The monoisotopic (exact) mass is 577 g/mol. The summed E-state index contributed by atoms with van der Waals surface area (Å²) in [6.45, 7) is 5.20. The molecule has 2 heteroatoms. The Hall–Kier alpha value is -0.790. The number of carbonyl (C=O) groups excluding carboxylic acids is 1. The Labute approximate surface area is 259 Å². The number of unbranched alkanes of at least 4 members (excludes halogenated alkanes) is 29. The Morgan fingerprint density at radius 2 is 0.683 bits per heavy atom. The zero-order chi connectivity index (χ0) is 29.7. The largest absolute Gasteiger partial charge is 0.466 e. The lowest BCUT2D eigenvalue weighted by Crippen LogP contribution is -2.05. The average Bonchev–Trinajstić information content (AvgIpc) is 2.98. The second-order valence-electron chi connectivity index (χ2n) is 12.9. The van der Waals surface area contributed by atoms with Gasteiger partial charge in [0.05, 0.1) is 6.61 Å². The summed E-state index contributed by atoms with van der Waals surface area (Å²) < 4.78 is 5.45. The summed E-state index contributed by atoms with van der Waals surface area (Å²) in [5.74, 6) is 0.0186. The highest BCUT2D eigenvalue weighted by Crippen LogP contribution is 2.15. The van der Waals surface area contributed by atoms with E-state index in [1.165, 1.54) is 186 Å². The van der Waals surface area contributed by atoms with Gasteiger partial charge in [0.2, 0.25) is 0 Å². The van der Waals surface area contributed by atoms with Crippen LogP contribution in [0.15, 0.2) is 12.2 Å². The molecule has 0 radical (unpaired) electrons. The van der Waals surface area contributed by atoms with E-state index in [1.54, 1.807) is 0 Å². The third kappa shape index (κ3) is 37.2. The molecule has 0 bridgehead atoms. The predicted molar refractivity (Wildman–Crippen MR) is 184 cm³/mol. The molecule has 0 aliphatic heterocycles. The average molecular weight is 577 g/mol. The van der Waals surface area contributed by atoms with Crippen LogP contribution in [0.25, 0.3) is 0 Å². The number of carbonyl (C=O) groups is 1. The maximum Gasteiger partial charge on any atom is 0.305 e. The van der Waals surface area contributed by atoms with Crippen LogP contribution in [-0.4, -0.2) is 12.6 Å². The molecule has 0 aromatic carbocycles. The fourth-order valence-electron chi connectivity index (χ4n) is 5.78. The van der Waals surface area contributed by atoms with Crippen molar-refractivity contribution in [3.05, 3.63) is 12.2 Å². The van der Waals surface area contributed by atoms with Crippen molar-refractivity contribution in [3.8, 4) is 0 Å². The molecule has 0 aromatic heterocycles. The van der Waals surface area contributed by atoms with Gasteiger partial charge in [-0.2, -0.15) is 0 Å². The van der Waals surface area contributed by atoms with Gasteiger partial charge in [0, 0.05) is 6.42 Å². The van der Waals surface area contributed by atoms with Crippen molar-refractivity contribution in [2.75, 3.05) is 6.61 Å². The van der Waals surface area contributed by atoms with Gasteiger partial charge in [-0.25, -0.2) is 0 Å². The van der Waals surface area contributed by atoms with E-state index in [0.29, 0.717) is 13.0 Å². The molecule has 0 aliphatic rings. The van der Waals surface area contributed by atoms with Crippen LogP contribution in [0.4, 0.5) is 0 Å². The first-order chi connectivity index (χ1) is 20.3. The van der Waals surface area contributed by atoms with Crippen molar-refractivity contribution in [1.82, 2.24) is 0 Å². The number of rotatable bonds is 35. The molecule has 0 N–H and O–H groups in total. The highest BCUT2D eigenvalue weighted by molar-refractivity contribution is 5.69. The molecule has 0 aromatic rings. The first kappa shape index (κ1) is 40.2. The van der Waals surface area contributed by atoms with E-state index in [2.05, 4.69) is 26.0 Å². The van der Waals surface area contributed by atoms with Crippen LogP contribution < -0.4 is 0 Å². The van der Waals surface area contributed by atoms with Gasteiger partial charge in [-0.15, -0.1) is 0 Å². The van der Waals surface area contributed by atoms with Crippen molar-refractivity contribution in [1.29, 1.82) is 0 Å². The summed E-state index contributed by atoms with van der Waals surface area (Å²) in [6, 6.07) is 0. The minimum absolute atomic E-state index is 0.0186. The summed E-state index contributed by atoms with van der Waals surface area (Å²) in [5.41, 5.74) is 0. The molecule has 0 spiro atoms. The molecule has 0 saturated carbocycles. The zero-order valence-corrected chi connectivity index (χ0v) is 28.5. The van der Waals surface area contributed by atoms with E-state index < -0.39 is 0 Å². The van der Waals surface area contributed by atoms with Crippen LogP contribution in [0.3, 0.4) is 0 Å². The summed E-state index contributed by atoms with van der Waals surface area (Å²) in [6.07, 6.45) is 48.6. The fourth-order valence-corrected chi connectivity index (χ4v) is 5.78. The lowest BCUT2D eigenvalue weighted by Gasteiger charge is -2.06. The second kappa shape index (κ2) is 37.2. The van der Waals surface area contributed by atoms with E-state index in [0.717, 1.165) is 19.3 Å². The Bertz CT molecular complexity index is 512.